The molecule has 4 aromatic carbocycles. The van der Waals surface area contributed by atoms with Gasteiger partial charge in [-0.2, -0.15) is 8.42 Å². The van der Waals surface area contributed by atoms with Crippen molar-refractivity contribution >= 4 is 34.3 Å². The average Bonchev–Trinajstić information content (AvgIpc) is 2.87. The lowest BCUT2D eigenvalue weighted by molar-refractivity contribution is -0.432. The smallest absolute Gasteiger partial charge is 0.282 e. The second-order valence-corrected chi connectivity index (χ2v) is 9.52. The van der Waals surface area contributed by atoms with E-state index in [1.165, 1.54) is 12.1 Å². The van der Waals surface area contributed by atoms with Crippen molar-refractivity contribution in [2.45, 2.75) is 9.79 Å². The zero-order valence-electron chi connectivity index (χ0n) is 17.7. The molecule has 172 valence electrons. The Kier molecular flexibility index (Phi) is 7.59. The Bertz CT molecular complexity index is 1360. The van der Waals surface area contributed by atoms with E-state index in [-0.39, 0.29) is 4.90 Å². The maximum Gasteiger partial charge on any atom is 0.294 e. The Hall–Kier alpha value is -3.24. The van der Waals surface area contributed by atoms with Gasteiger partial charge in [-0.3, -0.25) is 4.55 Å². The van der Waals surface area contributed by atoms with Gasteiger partial charge in [-0.05, 0) is 57.6 Å². The third-order valence-electron chi connectivity index (χ3n) is 5.12. The van der Waals surface area contributed by atoms with Crippen LogP contribution in [0.1, 0.15) is 11.1 Å². The van der Waals surface area contributed by atoms with Gasteiger partial charge in [0.05, 0.1) is 16.9 Å². The van der Waals surface area contributed by atoms with Crippen LogP contribution in [0, 0.1) is 0 Å². The lowest BCUT2D eigenvalue weighted by Gasteiger charge is -2.05. The van der Waals surface area contributed by atoms with Crippen molar-refractivity contribution in [1.82, 2.24) is 0 Å². The number of rotatable bonds is 8. The molecule has 0 spiro atoms. The molecule has 0 amide bonds. The highest BCUT2D eigenvalue weighted by molar-refractivity contribution is 7.94. The molecule has 0 atom stereocenters. The van der Waals surface area contributed by atoms with Crippen LogP contribution in [-0.2, 0) is 19.5 Å². The van der Waals surface area contributed by atoms with E-state index in [0.717, 1.165) is 50.3 Å². The second-order valence-electron chi connectivity index (χ2n) is 7.33. The lowest BCUT2D eigenvalue weighted by Crippen LogP contribution is -1.97. The third kappa shape index (κ3) is 6.21. The van der Waals surface area contributed by atoms with Crippen molar-refractivity contribution in [3.8, 4) is 22.3 Å². The zero-order valence-corrected chi connectivity index (χ0v) is 19.4. The maximum atomic E-state index is 11.2. The number of benzene rings is 4. The normalized spacial score (nSPS) is 11.7. The lowest BCUT2D eigenvalue weighted by atomic mass is 10.0. The topological polar surface area (TPSA) is 93.1 Å². The Balaban J connectivity index is 1.40. The zero-order chi connectivity index (χ0) is 24.0. The van der Waals surface area contributed by atoms with Crippen molar-refractivity contribution in [3.63, 3.8) is 0 Å². The fourth-order valence-electron chi connectivity index (χ4n) is 3.34. The molecule has 0 aromatic heterocycles. The van der Waals surface area contributed by atoms with E-state index in [1.807, 2.05) is 72.8 Å². The van der Waals surface area contributed by atoms with E-state index in [1.54, 1.807) is 12.1 Å². The minimum absolute atomic E-state index is 0.124. The standard InChI is InChI=1S/C26H20O6S2/c27-31-32-33-25-15-11-23(12-16-25)21-7-3-19(4-8-21)1-2-20-5-9-22(10-6-20)24-13-17-26(18-14-24)34(28,29)30/h1-18,27H,(H,28,29,30)/b2-1+. The highest BCUT2D eigenvalue weighted by atomic mass is 32.2. The van der Waals surface area contributed by atoms with Crippen LogP contribution < -0.4 is 0 Å². The summed E-state index contributed by atoms with van der Waals surface area (Å²) in [7, 11) is -4.19. The van der Waals surface area contributed by atoms with Crippen LogP contribution in [0.4, 0.5) is 0 Å². The quantitative estimate of drug-likeness (QED) is 0.0912. The molecular formula is C26H20O6S2. The van der Waals surface area contributed by atoms with Crippen molar-refractivity contribution < 1.29 is 27.6 Å². The van der Waals surface area contributed by atoms with Crippen LogP contribution in [-0.4, -0.2) is 18.2 Å². The summed E-state index contributed by atoms with van der Waals surface area (Å²) in [6, 6.07) is 29.9. The first-order valence-corrected chi connectivity index (χ1v) is 12.3. The molecule has 0 fully saturated rings. The molecule has 4 aromatic rings. The van der Waals surface area contributed by atoms with Crippen LogP contribution in [0.15, 0.2) is 107 Å². The minimum atomic E-state index is -4.19. The average molecular weight is 493 g/mol. The van der Waals surface area contributed by atoms with Gasteiger partial charge in [-0.1, -0.05) is 90.0 Å². The molecule has 0 heterocycles. The van der Waals surface area contributed by atoms with E-state index in [4.69, 9.17) is 9.81 Å². The van der Waals surface area contributed by atoms with Gasteiger partial charge in [0, 0.05) is 4.90 Å². The van der Waals surface area contributed by atoms with Gasteiger partial charge in [-0.15, -0.1) is 4.33 Å². The monoisotopic (exact) mass is 492 g/mol. The molecule has 2 N–H and O–H groups in total. The molecule has 6 nitrogen and oxygen atoms in total. The van der Waals surface area contributed by atoms with Crippen LogP contribution in [0.5, 0.6) is 0 Å². The van der Waals surface area contributed by atoms with Gasteiger partial charge in [0.2, 0.25) is 0 Å². The predicted octanol–water partition coefficient (Wildman–Crippen LogP) is 6.87. The van der Waals surface area contributed by atoms with Crippen LogP contribution in [0.3, 0.4) is 0 Å². The van der Waals surface area contributed by atoms with Gasteiger partial charge in [0.25, 0.3) is 10.1 Å². The van der Waals surface area contributed by atoms with Gasteiger partial charge in [0.1, 0.15) is 0 Å². The van der Waals surface area contributed by atoms with Gasteiger partial charge in [0.15, 0.2) is 0 Å². The third-order valence-corrected chi connectivity index (χ3v) is 6.58. The first kappa shape index (κ1) is 23.9. The molecule has 0 bridgehead atoms. The first-order chi connectivity index (χ1) is 16.4. The molecule has 0 saturated heterocycles. The second kappa shape index (κ2) is 10.8. The van der Waals surface area contributed by atoms with E-state index in [9.17, 15) is 8.42 Å². The molecule has 4 rings (SSSR count). The highest BCUT2D eigenvalue weighted by Gasteiger charge is 2.09. The molecule has 8 heteroatoms. The van der Waals surface area contributed by atoms with Crippen LogP contribution in [0.25, 0.3) is 34.4 Å². The Morgan fingerprint density at radius 2 is 1.00 bits per heavy atom. The molecular weight excluding hydrogens is 472 g/mol. The molecule has 34 heavy (non-hydrogen) atoms. The fourth-order valence-corrected chi connectivity index (χ4v) is 4.18. The van der Waals surface area contributed by atoms with Crippen LogP contribution in [0.2, 0.25) is 0 Å². The molecule has 0 unspecified atom stereocenters. The molecule has 0 radical (unpaired) electrons. The van der Waals surface area contributed by atoms with Gasteiger partial charge >= 0.3 is 0 Å². The number of hydrogen-bond acceptors (Lipinski definition) is 6. The summed E-state index contributed by atoms with van der Waals surface area (Å²) < 4.78 is 35.9. The van der Waals surface area contributed by atoms with E-state index < -0.39 is 10.1 Å². The largest absolute Gasteiger partial charge is 0.294 e. The summed E-state index contributed by atoms with van der Waals surface area (Å²) in [5.41, 5.74) is 6.05. The summed E-state index contributed by atoms with van der Waals surface area (Å²) in [5.74, 6) is 0. The van der Waals surface area contributed by atoms with E-state index >= 15 is 0 Å². The molecule has 0 aliphatic heterocycles. The van der Waals surface area contributed by atoms with Crippen molar-refractivity contribution in [2.24, 2.45) is 0 Å². The first-order valence-electron chi connectivity index (χ1n) is 10.1. The van der Waals surface area contributed by atoms with Gasteiger partial charge in [-0.25, -0.2) is 5.26 Å². The summed E-state index contributed by atoms with van der Waals surface area (Å²) in [6.45, 7) is 0. The summed E-state index contributed by atoms with van der Waals surface area (Å²) in [4.78, 5) is 0.680. The van der Waals surface area contributed by atoms with E-state index in [0.29, 0.717) is 0 Å². The summed E-state index contributed by atoms with van der Waals surface area (Å²) >= 11 is 0.920. The Morgan fingerprint density at radius 3 is 1.38 bits per heavy atom. The Labute approximate surface area is 201 Å². The van der Waals surface area contributed by atoms with E-state index in [2.05, 4.69) is 21.5 Å². The SMILES string of the molecule is O=S(=O)(O)c1ccc(-c2ccc(/C=C/c3ccc(-c4ccc(SOOO)cc4)cc3)cc2)cc1. The predicted molar refractivity (Wildman–Crippen MR) is 133 cm³/mol. The minimum Gasteiger partial charge on any atom is -0.282 e. The fraction of sp³-hybridized carbons (Fsp3) is 0. The summed E-state index contributed by atoms with van der Waals surface area (Å²) in [6.07, 6.45) is 4.06. The van der Waals surface area contributed by atoms with Crippen molar-refractivity contribution in [2.75, 3.05) is 0 Å². The van der Waals surface area contributed by atoms with Crippen molar-refractivity contribution in [3.05, 3.63) is 108 Å². The molecule has 0 aliphatic carbocycles. The van der Waals surface area contributed by atoms with Crippen LogP contribution >= 0.6 is 12.0 Å². The van der Waals surface area contributed by atoms with Crippen molar-refractivity contribution in [1.29, 1.82) is 0 Å². The summed E-state index contributed by atoms with van der Waals surface area (Å²) in [5, 5.41) is 11.8. The molecule has 0 saturated carbocycles. The Morgan fingerprint density at radius 1 is 0.618 bits per heavy atom. The highest BCUT2D eigenvalue weighted by Crippen LogP contribution is 2.26. The number of hydrogen-bond donors (Lipinski definition) is 2. The molecule has 0 aliphatic rings. The maximum absolute atomic E-state index is 11.2. The van der Waals surface area contributed by atoms with Gasteiger partial charge < -0.3 is 0 Å².